The average Bonchev–Trinajstić information content (AvgIpc) is 3.56. The van der Waals surface area contributed by atoms with Crippen molar-refractivity contribution in [3.8, 4) is 17.0 Å². The van der Waals surface area contributed by atoms with Crippen LogP contribution in [0.25, 0.3) is 11.1 Å². The van der Waals surface area contributed by atoms with Crippen LogP contribution in [-0.4, -0.2) is 42.5 Å². The van der Waals surface area contributed by atoms with Crippen molar-refractivity contribution in [2.75, 3.05) is 13.7 Å². The van der Waals surface area contributed by atoms with E-state index in [1.165, 1.54) is 19.4 Å². The summed E-state index contributed by atoms with van der Waals surface area (Å²) in [5.41, 5.74) is 1.66. The number of nitrogens with zero attached hydrogens (tertiary/aromatic N) is 2. The van der Waals surface area contributed by atoms with Crippen molar-refractivity contribution < 1.29 is 27.5 Å². The fraction of sp³-hybridized carbons (Fsp3) is 0.381. The number of benzene rings is 1. The first-order chi connectivity index (χ1) is 14.7. The zero-order valence-corrected chi connectivity index (χ0v) is 17.6. The van der Waals surface area contributed by atoms with Crippen LogP contribution in [0.4, 0.5) is 13.2 Å². The highest BCUT2D eigenvalue weighted by Gasteiger charge is 2.38. The Bertz CT molecular complexity index is 961. The van der Waals surface area contributed by atoms with Crippen molar-refractivity contribution >= 4 is 23.2 Å². The molecule has 1 fully saturated rings. The van der Waals surface area contributed by atoms with Gasteiger partial charge in [-0.3, -0.25) is 4.79 Å². The predicted molar refractivity (Wildman–Crippen MR) is 110 cm³/mol. The third-order valence-corrected chi connectivity index (χ3v) is 4.96. The van der Waals surface area contributed by atoms with Crippen LogP contribution in [0.15, 0.2) is 41.7 Å². The molecule has 31 heavy (non-hydrogen) atoms. The summed E-state index contributed by atoms with van der Waals surface area (Å²) in [5.74, 6) is -0.381. The molecule has 2 aromatic rings. The predicted octanol–water partition coefficient (Wildman–Crippen LogP) is 4.87. The van der Waals surface area contributed by atoms with Gasteiger partial charge in [0.15, 0.2) is 6.10 Å². The molecule has 0 spiro atoms. The number of ether oxygens (including phenoxy) is 1. The van der Waals surface area contributed by atoms with E-state index >= 15 is 0 Å². The highest BCUT2D eigenvalue weighted by atomic mass is 35.5. The monoisotopic (exact) mass is 455 g/mol. The van der Waals surface area contributed by atoms with E-state index in [1.807, 2.05) is 0 Å². The van der Waals surface area contributed by atoms with Crippen LogP contribution in [0, 0.1) is 5.92 Å². The van der Waals surface area contributed by atoms with Crippen LogP contribution in [0.3, 0.4) is 0 Å². The van der Waals surface area contributed by atoms with Crippen LogP contribution >= 0.6 is 11.6 Å². The minimum absolute atomic E-state index is 0.171. The van der Waals surface area contributed by atoms with Crippen LogP contribution in [-0.2, 0) is 4.84 Å². The molecular weight excluding hydrogens is 435 g/mol. The van der Waals surface area contributed by atoms with Gasteiger partial charge >= 0.3 is 6.18 Å². The number of pyridine rings is 1. The highest BCUT2D eigenvalue weighted by molar-refractivity contribution is 6.30. The Hall–Kier alpha value is -2.81. The first kappa shape index (κ1) is 22.9. The number of carbonyl (C=O) groups is 1. The molecule has 1 aromatic carbocycles. The topological polar surface area (TPSA) is 72.8 Å². The molecule has 3 rings (SSSR count). The maximum Gasteiger partial charge on any atom is 0.425 e. The summed E-state index contributed by atoms with van der Waals surface area (Å²) in [6.07, 6.45) is -3.48. The van der Waals surface area contributed by atoms with E-state index in [9.17, 15) is 18.0 Å². The van der Waals surface area contributed by atoms with Gasteiger partial charge < -0.3 is 14.9 Å². The lowest BCUT2D eigenvalue weighted by molar-refractivity contribution is -0.189. The van der Waals surface area contributed by atoms with Crippen LogP contribution < -0.4 is 10.1 Å². The molecule has 1 atom stereocenters. The molecule has 0 radical (unpaired) electrons. The molecule has 1 unspecified atom stereocenters. The fourth-order valence-corrected chi connectivity index (χ4v) is 2.92. The lowest BCUT2D eigenvalue weighted by Crippen LogP contribution is -2.32. The number of carbonyl (C=O) groups excluding carboxylic acids is 1. The molecule has 1 heterocycles. The van der Waals surface area contributed by atoms with Gasteiger partial charge in [0.25, 0.3) is 5.91 Å². The Morgan fingerprint density at radius 3 is 2.58 bits per heavy atom. The summed E-state index contributed by atoms with van der Waals surface area (Å²) in [5, 5.41) is 7.15. The number of amides is 1. The molecule has 1 N–H and O–H groups in total. The molecule has 0 aliphatic heterocycles. The van der Waals surface area contributed by atoms with Gasteiger partial charge in [-0.1, -0.05) is 28.9 Å². The van der Waals surface area contributed by atoms with Gasteiger partial charge in [0.1, 0.15) is 7.11 Å². The van der Waals surface area contributed by atoms with Crippen molar-refractivity contribution in [2.24, 2.45) is 11.1 Å². The van der Waals surface area contributed by atoms with Crippen molar-refractivity contribution in [1.82, 2.24) is 10.3 Å². The van der Waals surface area contributed by atoms with Gasteiger partial charge in [0.2, 0.25) is 5.88 Å². The number of aromatic nitrogens is 1. The van der Waals surface area contributed by atoms with E-state index in [4.69, 9.17) is 21.2 Å². The lowest BCUT2D eigenvalue weighted by atomic mass is 10.0. The van der Waals surface area contributed by atoms with Crippen molar-refractivity contribution in [2.45, 2.75) is 32.0 Å². The quantitative estimate of drug-likeness (QED) is 0.455. The molecule has 10 heteroatoms. The third-order valence-electron chi connectivity index (χ3n) is 4.71. The summed E-state index contributed by atoms with van der Waals surface area (Å²) in [7, 11) is 1.44. The summed E-state index contributed by atoms with van der Waals surface area (Å²) >= 11 is 5.91. The first-order valence-corrected chi connectivity index (χ1v) is 9.94. The molecule has 1 aliphatic carbocycles. The molecule has 0 bridgehead atoms. The number of hydrogen-bond donors (Lipinski definition) is 1. The van der Waals surface area contributed by atoms with Gasteiger partial charge in [-0.25, -0.2) is 4.98 Å². The number of hydrogen-bond acceptors (Lipinski definition) is 5. The Labute approximate surface area is 182 Å². The number of halogens is 4. The van der Waals surface area contributed by atoms with Gasteiger partial charge in [0.05, 0.1) is 17.8 Å². The van der Waals surface area contributed by atoms with E-state index in [0.29, 0.717) is 16.5 Å². The summed E-state index contributed by atoms with van der Waals surface area (Å²) < 4.78 is 44.0. The Balaban J connectivity index is 1.86. The molecule has 1 aromatic heterocycles. The smallest absolute Gasteiger partial charge is 0.425 e. The number of nitrogens with one attached hydrogen (secondary N) is 1. The van der Waals surface area contributed by atoms with Gasteiger partial charge in [-0.05, 0) is 43.5 Å². The third kappa shape index (κ3) is 6.10. The largest absolute Gasteiger partial charge is 0.465 e. The van der Waals surface area contributed by atoms with E-state index in [-0.39, 0.29) is 23.6 Å². The molecule has 166 valence electrons. The van der Waals surface area contributed by atoms with Crippen LogP contribution in [0.5, 0.6) is 5.88 Å². The van der Waals surface area contributed by atoms with E-state index in [2.05, 4.69) is 15.5 Å². The molecule has 0 saturated heterocycles. The molecule has 1 aliphatic rings. The fourth-order valence-electron chi connectivity index (χ4n) is 2.80. The standard InChI is InChI=1S/C21H21ClF3N3O3/c1-12(21(23,24)25)31-20-17(13-5-7-16(22)8-6-13)9-15(10-27-20)19(29)26-11-18(28-30-2)14-3-4-14/h5-10,12,14H,3-4,11H2,1-2H3,(H,26,29). The second-order valence-electron chi connectivity index (χ2n) is 7.11. The van der Waals surface area contributed by atoms with Gasteiger partial charge in [-0.15, -0.1) is 0 Å². The molecule has 1 amide bonds. The van der Waals surface area contributed by atoms with Crippen molar-refractivity contribution in [3.05, 3.63) is 47.1 Å². The van der Waals surface area contributed by atoms with Crippen LogP contribution in [0.2, 0.25) is 5.02 Å². The Kier molecular flexibility index (Phi) is 7.04. The van der Waals surface area contributed by atoms with Crippen LogP contribution in [0.1, 0.15) is 30.1 Å². The molecule has 1 saturated carbocycles. The van der Waals surface area contributed by atoms with Crippen molar-refractivity contribution in [3.63, 3.8) is 0 Å². The normalized spacial score (nSPS) is 15.4. The summed E-state index contributed by atoms with van der Waals surface area (Å²) in [6.45, 7) is 1.10. The Morgan fingerprint density at radius 1 is 1.32 bits per heavy atom. The highest BCUT2D eigenvalue weighted by Crippen LogP contribution is 2.33. The summed E-state index contributed by atoms with van der Waals surface area (Å²) in [4.78, 5) is 21.4. The number of rotatable bonds is 8. The minimum atomic E-state index is -4.56. The Morgan fingerprint density at radius 2 is 2.00 bits per heavy atom. The number of alkyl halides is 3. The van der Waals surface area contributed by atoms with Gasteiger partial charge in [-0.2, -0.15) is 13.2 Å². The minimum Gasteiger partial charge on any atom is -0.465 e. The van der Waals surface area contributed by atoms with Gasteiger partial charge in [0, 0.05) is 22.7 Å². The summed E-state index contributed by atoms with van der Waals surface area (Å²) in [6, 6.07) is 7.84. The molecule has 6 nitrogen and oxygen atoms in total. The first-order valence-electron chi connectivity index (χ1n) is 9.56. The lowest BCUT2D eigenvalue weighted by Gasteiger charge is -2.19. The zero-order chi connectivity index (χ0) is 22.6. The van der Waals surface area contributed by atoms with E-state index in [1.54, 1.807) is 24.3 Å². The SMILES string of the molecule is CON=C(CNC(=O)c1cnc(OC(C)C(F)(F)F)c(-c2ccc(Cl)cc2)c1)C1CC1. The zero-order valence-electron chi connectivity index (χ0n) is 16.9. The molecular formula is C21H21ClF3N3O3. The second-order valence-corrected chi connectivity index (χ2v) is 7.54. The van der Waals surface area contributed by atoms with E-state index in [0.717, 1.165) is 25.5 Å². The average molecular weight is 456 g/mol. The van der Waals surface area contributed by atoms with E-state index < -0.39 is 18.2 Å². The second kappa shape index (κ2) is 9.55. The maximum absolute atomic E-state index is 13.0. The van der Waals surface area contributed by atoms with Crippen molar-refractivity contribution in [1.29, 1.82) is 0 Å². The number of oxime groups is 1. The maximum atomic E-state index is 13.0.